The third-order valence-electron chi connectivity index (χ3n) is 1.56. The van der Waals surface area contributed by atoms with E-state index in [2.05, 4.69) is 21.0 Å². The van der Waals surface area contributed by atoms with Crippen molar-refractivity contribution in [3.05, 3.63) is 28.9 Å². The second-order valence-electron chi connectivity index (χ2n) is 2.29. The van der Waals surface area contributed by atoms with Gasteiger partial charge in [-0.1, -0.05) is 15.9 Å². The van der Waals surface area contributed by atoms with Crippen molar-refractivity contribution in [3.63, 3.8) is 0 Å². The van der Waals surface area contributed by atoms with Gasteiger partial charge in [-0.25, -0.2) is 0 Å². The van der Waals surface area contributed by atoms with Gasteiger partial charge >= 0.3 is 0 Å². The van der Waals surface area contributed by atoms with Gasteiger partial charge in [-0.15, -0.1) is 0 Å². The van der Waals surface area contributed by atoms with Crippen molar-refractivity contribution in [2.45, 2.75) is 0 Å². The van der Waals surface area contributed by atoms with Gasteiger partial charge in [0.05, 0.1) is 11.7 Å². The summed E-state index contributed by atoms with van der Waals surface area (Å²) in [6.07, 6.45) is 1.74. The summed E-state index contributed by atoms with van der Waals surface area (Å²) >= 11 is 3.36. The van der Waals surface area contributed by atoms with Crippen LogP contribution in [0.5, 0.6) is 0 Å². The van der Waals surface area contributed by atoms with Crippen molar-refractivity contribution < 1.29 is 0 Å². The molecule has 0 unspecified atom stereocenters. The first-order valence-electron chi connectivity index (χ1n) is 3.16. The molecule has 2 N–H and O–H groups in total. The van der Waals surface area contributed by atoms with Crippen molar-refractivity contribution in [1.29, 1.82) is 0 Å². The Bertz CT molecular complexity index is 393. The maximum atomic E-state index is 5.52. The number of halogens is 1. The molecule has 11 heavy (non-hydrogen) atoms. The van der Waals surface area contributed by atoms with Crippen LogP contribution in [0.1, 0.15) is 0 Å². The fraction of sp³-hybridized carbons (Fsp3) is 0. The van der Waals surface area contributed by atoms with Gasteiger partial charge in [0.1, 0.15) is 0 Å². The molecule has 0 bridgehead atoms. The molecule has 0 fully saturated rings. The highest BCUT2D eigenvalue weighted by molar-refractivity contribution is 9.10. The lowest BCUT2D eigenvalue weighted by Crippen LogP contribution is -2.08. The average molecular weight is 212 g/mol. The number of nitrogens with zero attached hydrogens (tertiary/aromatic N) is 2. The van der Waals surface area contributed by atoms with Crippen LogP contribution in [-0.2, 0) is 0 Å². The van der Waals surface area contributed by atoms with E-state index in [1.54, 1.807) is 6.20 Å². The molecule has 0 atom stereocenters. The molecule has 4 heteroatoms. The van der Waals surface area contributed by atoms with Crippen molar-refractivity contribution in [2.24, 2.45) is 0 Å². The summed E-state index contributed by atoms with van der Waals surface area (Å²) in [5.74, 6) is 5.52. The summed E-state index contributed by atoms with van der Waals surface area (Å²) in [6, 6.07) is 5.84. The Balaban J connectivity index is 2.86. The highest BCUT2D eigenvalue weighted by Crippen LogP contribution is 2.17. The van der Waals surface area contributed by atoms with Crippen LogP contribution in [0.4, 0.5) is 0 Å². The number of nitrogens with two attached hydrogens (primary N) is 1. The molecule has 1 aromatic heterocycles. The molecule has 0 saturated carbocycles. The number of fused-ring (bicyclic) bond motifs is 1. The first-order valence-corrected chi connectivity index (χ1v) is 3.95. The second kappa shape index (κ2) is 2.23. The lowest BCUT2D eigenvalue weighted by Gasteiger charge is -1.92. The minimum absolute atomic E-state index is 0.938. The van der Waals surface area contributed by atoms with Crippen molar-refractivity contribution in [3.8, 4) is 0 Å². The van der Waals surface area contributed by atoms with Crippen molar-refractivity contribution in [1.82, 2.24) is 9.89 Å². The van der Waals surface area contributed by atoms with Crippen LogP contribution in [0.15, 0.2) is 28.9 Å². The fourth-order valence-corrected chi connectivity index (χ4v) is 1.40. The van der Waals surface area contributed by atoms with Crippen LogP contribution in [0.25, 0.3) is 10.9 Å². The maximum absolute atomic E-state index is 5.52. The predicted molar refractivity (Wildman–Crippen MR) is 47.6 cm³/mol. The van der Waals surface area contributed by atoms with E-state index >= 15 is 0 Å². The molecule has 56 valence electrons. The molecule has 0 radical (unpaired) electrons. The standard InChI is InChI=1S/C7H6BrN3/c8-6-1-2-7-5(3-6)4-10-11(7)9/h1-4H,9H2. The molecule has 0 amide bonds. The second-order valence-corrected chi connectivity index (χ2v) is 3.21. The number of nitrogen functional groups attached to an aromatic ring is 1. The first-order chi connectivity index (χ1) is 5.27. The minimum atomic E-state index is 0.938. The zero-order valence-corrected chi connectivity index (χ0v) is 7.25. The molecule has 3 nitrogen and oxygen atoms in total. The van der Waals surface area contributed by atoms with Crippen LogP contribution in [0.2, 0.25) is 0 Å². The Labute approximate surface area is 71.9 Å². The minimum Gasteiger partial charge on any atom is -0.323 e. The molecule has 0 aliphatic heterocycles. The van der Waals surface area contributed by atoms with Gasteiger partial charge in [-0.2, -0.15) is 9.89 Å². The van der Waals surface area contributed by atoms with E-state index < -0.39 is 0 Å². The summed E-state index contributed by atoms with van der Waals surface area (Å²) in [5, 5.41) is 4.95. The SMILES string of the molecule is Nn1ncc2cc(Br)ccc21. The van der Waals surface area contributed by atoms with Gasteiger partial charge < -0.3 is 5.84 Å². The zero-order chi connectivity index (χ0) is 7.84. The van der Waals surface area contributed by atoms with Crippen LogP contribution in [-0.4, -0.2) is 9.89 Å². The van der Waals surface area contributed by atoms with E-state index in [0.717, 1.165) is 15.4 Å². The van der Waals surface area contributed by atoms with E-state index in [4.69, 9.17) is 5.84 Å². The Hall–Kier alpha value is -1.03. The highest BCUT2D eigenvalue weighted by Gasteiger charge is 1.98. The fourth-order valence-electron chi connectivity index (χ4n) is 1.02. The molecule has 1 heterocycles. The molecular weight excluding hydrogens is 206 g/mol. The number of aromatic nitrogens is 2. The molecule has 1 aromatic carbocycles. The van der Waals surface area contributed by atoms with Gasteiger partial charge in [0.2, 0.25) is 0 Å². The summed E-state index contributed by atoms with van der Waals surface area (Å²) < 4.78 is 1.04. The molecule has 0 aliphatic rings. The van der Waals surface area contributed by atoms with Crippen LogP contribution < -0.4 is 5.84 Å². The summed E-state index contributed by atoms with van der Waals surface area (Å²) in [7, 11) is 0. The third-order valence-corrected chi connectivity index (χ3v) is 2.05. The number of benzene rings is 1. The quantitative estimate of drug-likeness (QED) is 0.672. The van der Waals surface area contributed by atoms with Crippen LogP contribution in [0, 0.1) is 0 Å². The maximum Gasteiger partial charge on any atom is 0.0916 e. The van der Waals surface area contributed by atoms with Gasteiger partial charge in [0, 0.05) is 9.86 Å². The molecular formula is C7H6BrN3. The first kappa shape index (κ1) is 6.67. The Morgan fingerprint density at radius 1 is 1.45 bits per heavy atom. The zero-order valence-electron chi connectivity index (χ0n) is 5.66. The Morgan fingerprint density at radius 2 is 2.27 bits per heavy atom. The molecule has 0 aliphatic carbocycles. The van der Waals surface area contributed by atoms with Crippen LogP contribution >= 0.6 is 15.9 Å². The van der Waals surface area contributed by atoms with E-state index in [1.807, 2.05) is 18.2 Å². The largest absolute Gasteiger partial charge is 0.323 e. The molecule has 0 spiro atoms. The smallest absolute Gasteiger partial charge is 0.0916 e. The summed E-state index contributed by atoms with van der Waals surface area (Å²) in [6.45, 7) is 0. The van der Waals surface area contributed by atoms with Gasteiger partial charge in [-0.05, 0) is 18.2 Å². The number of hydrogen-bond acceptors (Lipinski definition) is 2. The predicted octanol–water partition coefficient (Wildman–Crippen LogP) is 1.51. The van der Waals surface area contributed by atoms with Crippen molar-refractivity contribution >= 4 is 26.8 Å². The average Bonchev–Trinajstić information content (AvgIpc) is 2.32. The lowest BCUT2D eigenvalue weighted by atomic mass is 10.3. The Morgan fingerprint density at radius 3 is 3.09 bits per heavy atom. The van der Waals surface area contributed by atoms with Crippen molar-refractivity contribution in [2.75, 3.05) is 5.84 Å². The highest BCUT2D eigenvalue weighted by atomic mass is 79.9. The van der Waals surface area contributed by atoms with E-state index in [1.165, 1.54) is 4.79 Å². The molecule has 0 saturated heterocycles. The summed E-state index contributed by atoms with van der Waals surface area (Å²) in [5.41, 5.74) is 0.938. The van der Waals surface area contributed by atoms with Gasteiger partial charge in [0.25, 0.3) is 0 Å². The monoisotopic (exact) mass is 211 g/mol. The molecule has 2 rings (SSSR count). The normalized spacial score (nSPS) is 10.6. The van der Waals surface area contributed by atoms with E-state index in [-0.39, 0.29) is 0 Å². The summed E-state index contributed by atoms with van der Waals surface area (Å²) in [4.78, 5) is 1.36. The van der Waals surface area contributed by atoms with Crippen LogP contribution in [0.3, 0.4) is 0 Å². The van der Waals surface area contributed by atoms with E-state index in [0.29, 0.717) is 0 Å². The van der Waals surface area contributed by atoms with E-state index in [9.17, 15) is 0 Å². The number of hydrogen-bond donors (Lipinski definition) is 1. The lowest BCUT2D eigenvalue weighted by molar-refractivity contribution is 0.862. The number of rotatable bonds is 0. The molecule has 2 aromatic rings. The topological polar surface area (TPSA) is 43.8 Å². The Kier molecular flexibility index (Phi) is 1.35. The van der Waals surface area contributed by atoms with Gasteiger partial charge in [-0.3, -0.25) is 0 Å². The van der Waals surface area contributed by atoms with Gasteiger partial charge in [0.15, 0.2) is 0 Å². The third kappa shape index (κ3) is 0.991.